The van der Waals surface area contributed by atoms with E-state index in [1.165, 1.54) is 7.11 Å². The van der Waals surface area contributed by atoms with E-state index >= 15 is 0 Å². The molecule has 1 aliphatic rings. The number of aliphatic imine (C=N–C) groups is 1. The standard InChI is InChI=1S/C19H16BrN5O2/c1-27-17(26)8-6-15-19-24-22-11-25(19)16-7-5-12(20)10-13(16)18(23-15)14-4-2-3-9-21-14/h2-5,7,9-11,15H,6,8H2,1H3. The summed E-state index contributed by atoms with van der Waals surface area (Å²) in [6, 6.07) is 11.3. The molecule has 0 saturated heterocycles. The van der Waals surface area contributed by atoms with Crippen LogP contribution in [0.5, 0.6) is 0 Å². The molecule has 1 aromatic carbocycles. The van der Waals surface area contributed by atoms with E-state index in [0.717, 1.165) is 27.1 Å². The van der Waals surface area contributed by atoms with E-state index in [0.29, 0.717) is 12.2 Å². The lowest BCUT2D eigenvalue weighted by Crippen LogP contribution is -2.09. The minimum absolute atomic E-state index is 0.243. The number of carbonyl (C=O) groups is 1. The number of rotatable bonds is 4. The van der Waals surface area contributed by atoms with Gasteiger partial charge in [0.1, 0.15) is 12.4 Å². The molecule has 2 aromatic heterocycles. The predicted octanol–water partition coefficient (Wildman–Crippen LogP) is 3.27. The number of benzene rings is 1. The van der Waals surface area contributed by atoms with Crippen molar-refractivity contribution in [2.24, 2.45) is 4.99 Å². The number of nitrogens with zero attached hydrogens (tertiary/aromatic N) is 5. The summed E-state index contributed by atoms with van der Waals surface area (Å²) in [6.07, 6.45) is 4.12. The molecule has 8 heteroatoms. The highest BCUT2D eigenvalue weighted by molar-refractivity contribution is 9.10. The molecular formula is C19H16BrN5O2. The van der Waals surface area contributed by atoms with Crippen LogP contribution in [0.1, 0.15) is 36.0 Å². The van der Waals surface area contributed by atoms with E-state index in [-0.39, 0.29) is 18.4 Å². The molecule has 0 bridgehead atoms. The Bertz CT molecular complexity index is 1020. The zero-order valence-electron chi connectivity index (χ0n) is 14.5. The van der Waals surface area contributed by atoms with Gasteiger partial charge in [-0.1, -0.05) is 22.0 Å². The minimum atomic E-state index is -0.338. The maximum Gasteiger partial charge on any atom is 0.305 e. The molecule has 0 fully saturated rings. The average molecular weight is 426 g/mol. The van der Waals surface area contributed by atoms with E-state index in [2.05, 4.69) is 31.1 Å². The van der Waals surface area contributed by atoms with Gasteiger partial charge in [0, 0.05) is 22.7 Å². The molecule has 1 atom stereocenters. The van der Waals surface area contributed by atoms with Gasteiger partial charge in [0.05, 0.1) is 24.2 Å². The lowest BCUT2D eigenvalue weighted by Gasteiger charge is -2.11. The van der Waals surface area contributed by atoms with E-state index in [4.69, 9.17) is 9.73 Å². The molecule has 0 amide bonds. The molecule has 136 valence electrons. The SMILES string of the molecule is COC(=O)CCC1N=C(c2ccccn2)c2cc(Br)ccc2-n2cnnc21. The smallest absolute Gasteiger partial charge is 0.305 e. The molecule has 0 spiro atoms. The second-order valence-electron chi connectivity index (χ2n) is 6.04. The number of esters is 1. The zero-order valence-corrected chi connectivity index (χ0v) is 16.1. The molecule has 3 aromatic rings. The summed E-state index contributed by atoms with van der Waals surface area (Å²) in [7, 11) is 1.38. The summed E-state index contributed by atoms with van der Waals surface area (Å²) in [5.74, 6) is 0.411. The fourth-order valence-electron chi connectivity index (χ4n) is 3.11. The van der Waals surface area contributed by atoms with Crippen molar-refractivity contribution in [3.05, 3.63) is 70.5 Å². The van der Waals surface area contributed by atoms with Crippen molar-refractivity contribution in [2.75, 3.05) is 7.11 Å². The first kappa shape index (κ1) is 17.5. The molecule has 1 aliphatic heterocycles. The van der Waals surface area contributed by atoms with Crippen molar-refractivity contribution in [3.8, 4) is 5.69 Å². The van der Waals surface area contributed by atoms with Crippen molar-refractivity contribution in [1.82, 2.24) is 19.7 Å². The highest BCUT2D eigenvalue weighted by Gasteiger charge is 2.27. The Kier molecular flexibility index (Phi) is 4.81. The lowest BCUT2D eigenvalue weighted by molar-refractivity contribution is -0.140. The summed E-state index contributed by atoms with van der Waals surface area (Å²) in [5.41, 5.74) is 3.36. The van der Waals surface area contributed by atoms with Gasteiger partial charge in [0.2, 0.25) is 0 Å². The Morgan fingerprint density at radius 2 is 2.19 bits per heavy atom. The molecule has 0 radical (unpaired) electrons. The first-order chi connectivity index (χ1) is 13.2. The van der Waals surface area contributed by atoms with Crippen LogP contribution in [0, 0.1) is 0 Å². The predicted molar refractivity (Wildman–Crippen MR) is 103 cm³/mol. The van der Waals surface area contributed by atoms with Gasteiger partial charge in [0.15, 0.2) is 5.82 Å². The highest BCUT2D eigenvalue weighted by Crippen LogP contribution is 2.32. The summed E-state index contributed by atoms with van der Waals surface area (Å²) in [6.45, 7) is 0. The normalized spacial score (nSPS) is 15.3. The Labute approximate surface area is 164 Å². The molecule has 0 saturated carbocycles. The Morgan fingerprint density at radius 1 is 1.30 bits per heavy atom. The Hall–Kier alpha value is -2.87. The molecule has 0 aliphatic carbocycles. The molecule has 1 unspecified atom stereocenters. The highest BCUT2D eigenvalue weighted by atomic mass is 79.9. The maximum absolute atomic E-state index is 11.7. The van der Waals surface area contributed by atoms with Gasteiger partial charge in [-0.05, 0) is 36.8 Å². The van der Waals surface area contributed by atoms with Gasteiger partial charge in [-0.2, -0.15) is 0 Å². The van der Waals surface area contributed by atoms with Crippen LogP contribution < -0.4 is 0 Å². The van der Waals surface area contributed by atoms with Gasteiger partial charge >= 0.3 is 5.97 Å². The van der Waals surface area contributed by atoms with Crippen LogP contribution in [0.25, 0.3) is 5.69 Å². The molecule has 27 heavy (non-hydrogen) atoms. The molecule has 3 heterocycles. The van der Waals surface area contributed by atoms with E-state index in [9.17, 15) is 4.79 Å². The largest absolute Gasteiger partial charge is 0.469 e. The number of ether oxygens (including phenoxy) is 1. The van der Waals surface area contributed by atoms with Gasteiger partial charge in [0.25, 0.3) is 0 Å². The second kappa shape index (κ2) is 7.40. The van der Waals surface area contributed by atoms with Crippen LogP contribution >= 0.6 is 15.9 Å². The topological polar surface area (TPSA) is 82.3 Å². The number of hydrogen-bond acceptors (Lipinski definition) is 6. The molecule has 0 N–H and O–H groups in total. The summed E-state index contributed by atoms with van der Waals surface area (Å²) >= 11 is 3.54. The van der Waals surface area contributed by atoms with Crippen molar-refractivity contribution in [3.63, 3.8) is 0 Å². The maximum atomic E-state index is 11.7. The number of carbonyl (C=O) groups excluding carboxylic acids is 1. The first-order valence-electron chi connectivity index (χ1n) is 8.43. The first-order valence-corrected chi connectivity index (χ1v) is 9.23. The van der Waals surface area contributed by atoms with Crippen LogP contribution in [0.3, 0.4) is 0 Å². The Balaban J connectivity index is 1.89. The molecule has 4 rings (SSSR count). The van der Waals surface area contributed by atoms with Crippen LogP contribution in [0.4, 0.5) is 0 Å². The number of pyridine rings is 1. The summed E-state index contributed by atoms with van der Waals surface area (Å²) in [4.78, 5) is 21.1. The monoisotopic (exact) mass is 425 g/mol. The lowest BCUT2D eigenvalue weighted by atomic mass is 10.0. The van der Waals surface area contributed by atoms with Gasteiger partial charge in [-0.15, -0.1) is 10.2 Å². The van der Waals surface area contributed by atoms with Crippen LogP contribution in [-0.4, -0.2) is 38.5 Å². The average Bonchev–Trinajstić information content (AvgIpc) is 3.13. The second-order valence-corrected chi connectivity index (χ2v) is 6.96. The van der Waals surface area contributed by atoms with Gasteiger partial charge < -0.3 is 4.74 Å². The van der Waals surface area contributed by atoms with Gasteiger partial charge in [-0.3, -0.25) is 19.3 Å². The van der Waals surface area contributed by atoms with E-state index in [1.807, 2.05) is 41.0 Å². The Morgan fingerprint density at radius 3 is 2.96 bits per heavy atom. The third kappa shape index (κ3) is 3.40. The minimum Gasteiger partial charge on any atom is -0.469 e. The quantitative estimate of drug-likeness (QED) is 0.599. The van der Waals surface area contributed by atoms with Crippen molar-refractivity contribution >= 4 is 27.6 Å². The summed E-state index contributed by atoms with van der Waals surface area (Å²) in [5, 5.41) is 8.34. The number of hydrogen-bond donors (Lipinski definition) is 0. The zero-order chi connectivity index (χ0) is 18.8. The number of halogens is 1. The third-order valence-corrected chi connectivity index (χ3v) is 4.88. The van der Waals surface area contributed by atoms with Crippen LogP contribution in [0.15, 0.2) is 58.4 Å². The van der Waals surface area contributed by atoms with Gasteiger partial charge in [-0.25, -0.2) is 0 Å². The van der Waals surface area contributed by atoms with Crippen LogP contribution in [0.2, 0.25) is 0 Å². The van der Waals surface area contributed by atoms with Crippen molar-refractivity contribution in [1.29, 1.82) is 0 Å². The number of fused-ring (bicyclic) bond motifs is 3. The van der Waals surface area contributed by atoms with Crippen molar-refractivity contribution < 1.29 is 9.53 Å². The fraction of sp³-hybridized carbons (Fsp3) is 0.211. The summed E-state index contributed by atoms with van der Waals surface area (Å²) < 4.78 is 7.64. The number of methoxy groups -OCH3 is 1. The molecule has 7 nitrogen and oxygen atoms in total. The fourth-order valence-corrected chi connectivity index (χ4v) is 3.47. The van der Waals surface area contributed by atoms with Crippen LogP contribution in [-0.2, 0) is 9.53 Å². The van der Waals surface area contributed by atoms with E-state index < -0.39 is 0 Å². The number of aromatic nitrogens is 4. The van der Waals surface area contributed by atoms with Crippen molar-refractivity contribution in [2.45, 2.75) is 18.9 Å². The van der Waals surface area contributed by atoms with E-state index in [1.54, 1.807) is 12.5 Å². The molecular weight excluding hydrogens is 410 g/mol. The third-order valence-electron chi connectivity index (χ3n) is 4.39.